The lowest BCUT2D eigenvalue weighted by atomic mass is 10.00. The van der Waals surface area contributed by atoms with E-state index in [-0.39, 0.29) is 25.0 Å². The fraction of sp³-hybridized carbons (Fsp3) is 0.200. The Kier molecular flexibility index (Phi) is 6.59. The fourth-order valence-electron chi connectivity index (χ4n) is 3.46. The molecule has 0 aromatic heterocycles. The van der Waals surface area contributed by atoms with Crippen molar-refractivity contribution in [3.8, 4) is 11.5 Å². The van der Waals surface area contributed by atoms with Crippen molar-refractivity contribution < 1.29 is 19.1 Å². The Hall–Kier alpha value is -3.64. The van der Waals surface area contributed by atoms with E-state index in [1.807, 2.05) is 48.5 Å². The van der Waals surface area contributed by atoms with Gasteiger partial charge in [0, 0.05) is 18.8 Å². The van der Waals surface area contributed by atoms with Gasteiger partial charge in [-0.2, -0.15) is 0 Å². The standard InChI is InChI=1S/C25H24N2O4/c28-24(26-21-10-12-23(13-11-21)31-22-8-2-1-3-9-22)17-30-18-25(29)27-15-14-19-6-4-5-7-20(19)16-27/h1-13H,14-18H2,(H,26,28). The first-order valence-corrected chi connectivity index (χ1v) is 10.2. The van der Waals surface area contributed by atoms with Crippen molar-refractivity contribution in [3.63, 3.8) is 0 Å². The number of rotatable bonds is 7. The molecule has 0 radical (unpaired) electrons. The summed E-state index contributed by atoms with van der Waals surface area (Å²) in [6.45, 7) is 0.961. The number of nitrogens with zero attached hydrogens (tertiary/aromatic N) is 1. The Morgan fingerprint density at radius 2 is 1.48 bits per heavy atom. The Morgan fingerprint density at radius 1 is 0.806 bits per heavy atom. The van der Waals surface area contributed by atoms with Gasteiger partial charge in [-0.05, 0) is 53.9 Å². The zero-order valence-corrected chi connectivity index (χ0v) is 17.1. The maximum atomic E-state index is 12.4. The van der Waals surface area contributed by atoms with Crippen LogP contribution in [0.15, 0.2) is 78.9 Å². The number of benzene rings is 3. The van der Waals surface area contributed by atoms with Gasteiger partial charge >= 0.3 is 0 Å². The molecular weight excluding hydrogens is 392 g/mol. The summed E-state index contributed by atoms with van der Waals surface area (Å²) < 4.78 is 11.1. The summed E-state index contributed by atoms with van der Waals surface area (Å²) in [5, 5.41) is 2.75. The summed E-state index contributed by atoms with van der Waals surface area (Å²) in [6, 6.07) is 24.7. The number of anilines is 1. The molecule has 0 spiro atoms. The van der Waals surface area contributed by atoms with E-state index >= 15 is 0 Å². The van der Waals surface area contributed by atoms with Crippen molar-refractivity contribution in [2.24, 2.45) is 0 Å². The largest absolute Gasteiger partial charge is 0.457 e. The molecule has 1 aliphatic rings. The lowest BCUT2D eigenvalue weighted by Gasteiger charge is -2.28. The van der Waals surface area contributed by atoms with Crippen LogP contribution in [0.2, 0.25) is 0 Å². The number of hydrogen-bond acceptors (Lipinski definition) is 4. The zero-order valence-electron chi connectivity index (χ0n) is 17.1. The Balaban J connectivity index is 1.19. The molecule has 0 unspecified atom stereocenters. The van der Waals surface area contributed by atoms with Crippen LogP contribution in [-0.4, -0.2) is 36.5 Å². The second-order valence-electron chi connectivity index (χ2n) is 7.31. The number of para-hydroxylation sites is 1. The van der Waals surface area contributed by atoms with Gasteiger partial charge in [0.05, 0.1) is 0 Å². The summed E-state index contributed by atoms with van der Waals surface area (Å²) >= 11 is 0. The molecule has 0 bridgehead atoms. The lowest BCUT2D eigenvalue weighted by Crippen LogP contribution is -2.38. The molecule has 4 rings (SSSR count). The number of carbonyl (C=O) groups excluding carboxylic acids is 2. The molecule has 31 heavy (non-hydrogen) atoms. The molecule has 158 valence electrons. The van der Waals surface area contributed by atoms with Gasteiger partial charge in [-0.1, -0.05) is 42.5 Å². The number of carbonyl (C=O) groups is 2. The van der Waals surface area contributed by atoms with E-state index in [9.17, 15) is 9.59 Å². The van der Waals surface area contributed by atoms with Crippen LogP contribution in [0.4, 0.5) is 5.69 Å². The second kappa shape index (κ2) is 9.91. The highest BCUT2D eigenvalue weighted by molar-refractivity contribution is 5.92. The van der Waals surface area contributed by atoms with Crippen LogP contribution >= 0.6 is 0 Å². The van der Waals surface area contributed by atoms with Gasteiger partial charge in [0.25, 0.3) is 0 Å². The van der Waals surface area contributed by atoms with Crippen molar-refractivity contribution in [2.45, 2.75) is 13.0 Å². The van der Waals surface area contributed by atoms with Crippen LogP contribution in [0.3, 0.4) is 0 Å². The van der Waals surface area contributed by atoms with Crippen LogP contribution in [0.1, 0.15) is 11.1 Å². The summed E-state index contributed by atoms with van der Waals surface area (Å²) in [4.78, 5) is 26.3. The predicted molar refractivity (Wildman–Crippen MR) is 118 cm³/mol. The molecule has 2 amide bonds. The van der Waals surface area contributed by atoms with Crippen molar-refractivity contribution in [1.82, 2.24) is 4.90 Å². The van der Waals surface area contributed by atoms with Gasteiger partial charge < -0.3 is 19.7 Å². The predicted octanol–water partition coefficient (Wildman–Crippen LogP) is 4.02. The molecular formula is C25H24N2O4. The molecule has 3 aromatic carbocycles. The molecule has 0 saturated heterocycles. The Bertz CT molecular complexity index is 1030. The SMILES string of the molecule is O=C(COCC(=O)N1CCc2ccccc2C1)Nc1ccc(Oc2ccccc2)cc1. The summed E-state index contributed by atoms with van der Waals surface area (Å²) in [5.41, 5.74) is 3.08. The molecule has 6 heteroatoms. The molecule has 0 atom stereocenters. The highest BCUT2D eigenvalue weighted by atomic mass is 16.5. The van der Waals surface area contributed by atoms with Crippen LogP contribution in [0.25, 0.3) is 0 Å². The van der Waals surface area contributed by atoms with Crippen molar-refractivity contribution in [2.75, 3.05) is 25.1 Å². The highest BCUT2D eigenvalue weighted by Crippen LogP contribution is 2.22. The topological polar surface area (TPSA) is 67.9 Å². The molecule has 1 N–H and O–H groups in total. The number of amides is 2. The first kappa shape index (κ1) is 20.6. The van der Waals surface area contributed by atoms with Gasteiger partial charge in [0.2, 0.25) is 11.8 Å². The lowest BCUT2D eigenvalue weighted by molar-refractivity contribution is -0.138. The van der Waals surface area contributed by atoms with Gasteiger partial charge in [-0.25, -0.2) is 0 Å². The third kappa shape index (κ3) is 5.71. The van der Waals surface area contributed by atoms with E-state index in [0.717, 1.165) is 12.2 Å². The van der Waals surface area contributed by atoms with Gasteiger partial charge in [-0.15, -0.1) is 0 Å². The van der Waals surface area contributed by atoms with Gasteiger partial charge in [0.15, 0.2) is 0 Å². The van der Waals surface area contributed by atoms with Gasteiger partial charge in [0.1, 0.15) is 24.7 Å². The minimum atomic E-state index is -0.312. The second-order valence-corrected chi connectivity index (χ2v) is 7.31. The first-order chi connectivity index (χ1) is 15.2. The van der Waals surface area contributed by atoms with E-state index in [2.05, 4.69) is 11.4 Å². The zero-order chi connectivity index (χ0) is 21.5. The van der Waals surface area contributed by atoms with Crippen molar-refractivity contribution in [1.29, 1.82) is 0 Å². The minimum Gasteiger partial charge on any atom is -0.457 e. The molecule has 0 aliphatic carbocycles. The average molecular weight is 416 g/mol. The van der Waals surface area contributed by atoms with E-state index in [0.29, 0.717) is 24.5 Å². The number of nitrogens with one attached hydrogen (secondary N) is 1. The van der Waals surface area contributed by atoms with Crippen LogP contribution < -0.4 is 10.1 Å². The smallest absolute Gasteiger partial charge is 0.250 e. The fourth-order valence-corrected chi connectivity index (χ4v) is 3.46. The van der Waals surface area contributed by atoms with E-state index in [1.54, 1.807) is 29.2 Å². The highest BCUT2D eigenvalue weighted by Gasteiger charge is 2.20. The minimum absolute atomic E-state index is 0.107. The van der Waals surface area contributed by atoms with E-state index in [4.69, 9.17) is 9.47 Å². The number of hydrogen-bond donors (Lipinski definition) is 1. The van der Waals surface area contributed by atoms with Gasteiger partial charge in [-0.3, -0.25) is 9.59 Å². The number of fused-ring (bicyclic) bond motifs is 1. The normalized spacial score (nSPS) is 12.7. The molecule has 0 fully saturated rings. The number of ether oxygens (including phenoxy) is 2. The first-order valence-electron chi connectivity index (χ1n) is 10.2. The Labute approximate surface area is 181 Å². The summed E-state index contributed by atoms with van der Waals surface area (Å²) in [6.07, 6.45) is 0.840. The summed E-state index contributed by atoms with van der Waals surface area (Å²) in [5.74, 6) is 1.00. The average Bonchev–Trinajstić information content (AvgIpc) is 2.80. The molecule has 0 saturated carbocycles. The van der Waals surface area contributed by atoms with Crippen LogP contribution in [-0.2, 0) is 27.3 Å². The van der Waals surface area contributed by atoms with E-state index in [1.165, 1.54) is 11.1 Å². The maximum absolute atomic E-state index is 12.4. The Morgan fingerprint density at radius 3 is 2.26 bits per heavy atom. The maximum Gasteiger partial charge on any atom is 0.250 e. The molecule has 3 aromatic rings. The third-order valence-electron chi connectivity index (χ3n) is 5.06. The van der Waals surface area contributed by atoms with Crippen LogP contribution in [0.5, 0.6) is 11.5 Å². The van der Waals surface area contributed by atoms with Crippen LogP contribution in [0, 0.1) is 0 Å². The van der Waals surface area contributed by atoms with Crippen molar-refractivity contribution >= 4 is 17.5 Å². The third-order valence-corrected chi connectivity index (χ3v) is 5.06. The van der Waals surface area contributed by atoms with Crippen molar-refractivity contribution in [3.05, 3.63) is 90.0 Å². The van der Waals surface area contributed by atoms with E-state index < -0.39 is 0 Å². The quantitative estimate of drug-likeness (QED) is 0.632. The summed E-state index contributed by atoms with van der Waals surface area (Å²) in [7, 11) is 0. The molecule has 6 nitrogen and oxygen atoms in total. The molecule has 1 heterocycles. The molecule has 1 aliphatic heterocycles. The monoisotopic (exact) mass is 416 g/mol.